The van der Waals surface area contributed by atoms with Gasteiger partial charge in [0.05, 0.1) is 6.04 Å². The lowest BCUT2D eigenvalue weighted by Gasteiger charge is -2.29. The normalized spacial score (nSPS) is 13.2. The van der Waals surface area contributed by atoms with E-state index >= 15 is 0 Å². The minimum Gasteiger partial charge on any atom is -0.444 e. The lowest BCUT2D eigenvalue weighted by Crippen LogP contribution is -2.39. The van der Waals surface area contributed by atoms with E-state index < -0.39 is 5.60 Å². The van der Waals surface area contributed by atoms with Crippen LogP contribution in [0.5, 0.6) is 0 Å². The van der Waals surface area contributed by atoms with E-state index in [1.807, 2.05) is 32.2 Å². The average Bonchev–Trinajstić information content (AvgIpc) is 2.63. The van der Waals surface area contributed by atoms with E-state index in [2.05, 4.69) is 15.9 Å². The Morgan fingerprint density at radius 2 is 2.22 bits per heavy atom. The van der Waals surface area contributed by atoms with Crippen LogP contribution in [0.2, 0.25) is 0 Å². The van der Waals surface area contributed by atoms with E-state index in [4.69, 9.17) is 10.5 Å². The van der Waals surface area contributed by atoms with E-state index in [1.165, 1.54) is 0 Å². The van der Waals surface area contributed by atoms with Crippen LogP contribution in [0, 0.1) is 0 Å². The van der Waals surface area contributed by atoms with Crippen molar-refractivity contribution in [1.29, 1.82) is 0 Å². The van der Waals surface area contributed by atoms with Gasteiger partial charge >= 0.3 is 6.09 Å². The van der Waals surface area contributed by atoms with Gasteiger partial charge in [-0.05, 0) is 42.8 Å². The molecule has 0 radical (unpaired) electrons. The summed E-state index contributed by atoms with van der Waals surface area (Å²) in [5.74, 6) is 0. The van der Waals surface area contributed by atoms with Gasteiger partial charge in [0.2, 0.25) is 0 Å². The van der Waals surface area contributed by atoms with Crippen LogP contribution in [0.4, 0.5) is 4.79 Å². The number of carbonyl (C=O) groups is 1. The molecule has 2 N–H and O–H groups in total. The van der Waals surface area contributed by atoms with Crippen LogP contribution in [0.1, 0.15) is 31.7 Å². The smallest absolute Gasteiger partial charge is 0.410 e. The third-order valence-electron chi connectivity index (χ3n) is 2.29. The molecule has 1 aromatic heterocycles. The standard InChI is InChI=1S/C12H19BrN2O2S/c1-12(2,3)17-11(16)15(4)9(6-14)10-5-8(13)7-18-10/h5,7,9H,6,14H2,1-4H3. The van der Waals surface area contributed by atoms with Crippen molar-refractivity contribution in [3.05, 3.63) is 20.8 Å². The van der Waals surface area contributed by atoms with Gasteiger partial charge < -0.3 is 15.4 Å². The number of likely N-dealkylation sites (N-methyl/N-ethyl adjacent to an activating group) is 1. The number of rotatable bonds is 3. The molecule has 0 bridgehead atoms. The highest BCUT2D eigenvalue weighted by Gasteiger charge is 2.26. The second-order valence-electron chi connectivity index (χ2n) is 5.01. The highest BCUT2D eigenvalue weighted by molar-refractivity contribution is 9.10. The van der Waals surface area contributed by atoms with Crippen molar-refractivity contribution in [3.8, 4) is 0 Å². The third kappa shape index (κ3) is 4.26. The maximum absolute atomic E-state index is 12.0. The van der Waals surface area contributed by atoms with Gasteiger partial charge in [0.1, 0.15) is 5.60 Å². The second-order valence-corrected chi connectivity index (χ2v) is 6.87. The van der Waals surface area contributed by atoms with Crippen molar-refractivity contribution in [2.45, 2.75) is 32.4 Å². The summed E-state index contributed by atoms with van der Waals surface area (Å²) in [6.07, 6.45) is -0.359. The fourth-order valence-electron chi connectivity index (χ4n) is 1.43. The zero-order valence-electron chi connectivity index (χ0n) is 11.1. The molecule has 1 heterocycles. The van der Waals surface area contributed by atoms with Crippen molar-refractivity contribution in [1.82, 2.24) is 4.90 Å². The zero-order chi connectivity index (χ0) is 13.9. The Bertz CT molecular complexity index is 414. The number of hydrogen-bond acceptors (Lipinski definition) is 4. The first-order valence-corrected chi connectivity index (χ1v) is 7.31. The first-order valence-electron chi connectivity index (χ1n) is 5.64. The summed E-state index contributed by atoms with van der Waals surface area (Å²) in [5.41, 5.74) is 5.26. The lowest BCUT2D eigenvalue weighted by atomic mass is 10.2. The number of halogens is 1. The van der Waals surface area contributed by atoms with Crippen LogP contribution in [-0.2, 0) is 4.74 Å². The van der Waals surface area contributed by atoms with Gasteiger partial charge in [-0.2, -0.15) is 0 Å². The molecule has 4 nitrogen and oxygen atoms in total. The number of thiophene rings is 1. The lowest BCUT2D eigenvalue weighted by molar-refractivity contribution is 0.0228. The molecular formula is C12H19BrN2O2S. The van der Waals surface area contributed by atoms with Gasteiger partial charge in [0.15, 0.2) is 0 Å². The van der Waals surface area contributed by atoms with Crippen molar-refractivity contribution >= 4 is 33.4 Å². The fraction of sp³-hybridized carbons (Fsp3) is 0.583. The Hall–Kier alpha value is -0.590. The molecule has 102 valence electrons. The first kappa shape index (κ1) is 15.5. The van der Waals surface area contributed by atoms with Gasteiger partial charge in [-0.3, -0.25) is 0 Å². The maximum atomic E-state index is 12.0. The first-order chi connectivity index (χ1) is 8.24. The Balaban J connectivity index is 2.80. The Morgan fingerprint density at radius 3 is 2.61 bits per heavy atom. The maximum Gasteiger partial charge on any atom is 0.410 e. The molecule has 1 atom stereocenters. The topological polar surface area (TPSA) is 55.6 Å². The Kier molecular flexibility index (Phi) is 5.19. The summed E-state index contributed by atoms with van der Waals surface area (Å²) in [4.78, 5) is 14.6. The molecule has 18 heavy (non-hydrogen) atoms. The number of nitrogens with zero attached hydrogens (tertiary/aromatic N) is 1. The number of hydrogen-bond donors (Lipinski definition) is 1. The molecule has 0 saturated heterocycles. The molecule has 0 aliphatic rings. The number of nitrogens with two attached hydrogens (primary N) is 1. The summed E-state index contributed by atoms with van der Waals surface area (Å²) in [5, 5.41) is 1.97. The van der Waals surface area contributed by atoms with E-state index in [1.54, 1.807) is 23.3 Å². The molecule has 0 aromatic carbocycles. The predicted molar refractivity (Wildman–Crippen MR) is 77.8 cm³/mol. The summed E-state index contributed by atoms with van der Waals surface area (Å²) >= 11 is 4.97. The minimum atomic E-state index is -0.499. The van der Waals surface area contributed by atoms with Gasteiger partial charge in [0.25, 0.3) is 0 Å². The van der Waals surface area contributed by atoms with E-state index in [0.717, 1.165) is 9.35 Å². The molecule has 0 aliphatic heterocycles. The quantitative estimate of drug-likeness (QED) is 0.921. The van der Waals surface area contributed by atoms with Crippen LogP contribution >= 0.6 is 27.3 Å². The molecule has 0 saturated carbocycles. The SMILES string of the molecule is CN(C(=O)OC(C)(C)C)C(CN)c1cc(Br)cs1. The van der Waals surface area contributed by atoms with Crippen molar-refractivity contribution in [2.75, 3.05) is 13.6 Å². The van der Waals surface area contributed by atoms with E-state index in [0.29, 0.717) is 6.54 Å². The van der Waals surface area contributed by atoms with Gasteiger partial charge in [-0.25, -0.2) is 4.79 Å². The van der Waals surface area contributed by atoms with Crippen LogP contribution < -0.4 is 5.73 Å². The Labute approximate surface area is 120 Å². The minimum absolute atomic E-state index is 0.156. The van der Waals surface area contributed by atoms with E-state index in [-0.39, 0.29) is 12.1 Å². The van der Waals surface area contributed by atoms with Crippen LogP contribution in [0.15, 0.2) is 15.9 Å². The summed E-state index contributed by atoms with van der Waals surface area (Å²) in [6, 6.07) is 1.82. The van der Waals surface area contributed by atoms with Gasteiger partial charge in [-0.1, -0.05) is 0 Å². The third-order valence-corrected chi connectivity index (χ3v) is 4.08. The monoisotopic (exact) mass is 334 g/mol. The average molecular weight is 335 g/mol. The number of amides is 1. The molecule has 1 unspecified atom stereocenters. The predicted octanol–water partition coefficient (Wildman–Crippen LogP) is 3.38. The van der Waals surface area contributed by atoms with Crippen molar-refractivity contribution in [3.63, 3.8) is 0 Å². The zero-order valence-corrected chi connectivity index (χ0v) is 13.5. The second kappa shape index (κ2) is 6.04. The molecule has 0 spiro atoms. The Morgan fingerprint density at radius 1 is 1.61 bits per heavy atom. The molecule has 0 fully saturated rings. The van der Waals surface area contributed by atoms with E-state index in [9.17, 15) is 4.79 Å². The molecule has 6 heteroatoms. The molecular weight excluding hydrogens is 316 g/mol. The summed E-state index contributed by atoms with van der Waals surface area (Å²) < 4.78 is 6.33. The highest BCUT2D eigenvalue weighted by Crippen LogP contribution is 2.29. The largest absolute Gasteiger partial charge is 0.444 e. The van der Waals surface area contributed by atoms with Crippen molar-refractivity contribution < 1.29 is 9.53 Å². The van der Waals surface area contributed by atoms with Crippen LogP contribution in [0.3, 0.4) is 0 Å². The molecule has 1 rings (SSSR count). The van der Waals surface area contributed by atoms with Gasteiger partial charge in [-0.15, -0.1) is 11.3 Å². The van der Waals surface area contributed by atoms with Crippen molar-refractivity contribution in [2.24, 2.45) is 5.73 Å². The fourth-order valence-corrected chi connectivity index (χ4v) is 3.03. The van der Waals surface area contributed by atoms with Crippen LogP contribution in [-0.4, -0.2) is 30.2 Å². The van der Waals surface area contributed by atoms with Crippen LogP contribution in [0.25, 0.3) is 0 Å². The number of ether oxygens (including phenoxy) is 1. The van der Waals surface area contributed by atoms with Gasteiger partial charge in [0, 0.05) is 28.3 Å². The highest BCUT2D eigenvalue weighted by atomic mass is 79.9. The summed E-state index contributed by atoms with van der Waals surface area (Å²) in [6.45, 7) is 5.90. The number of carbonyl (C=O) groups excluding carboxylic acids is 1. The summed E-state index contributed by atoms with van der Waals surface area (Å²) in [7, 11) is 1.71. The molecule has 1 aromatic rings. The molecule has 1 amide bonds. The molecule has 0 aliphatic carbocycles.